The van der Waals surface area contributed by atoms with Gasteiger partial charge in [0.1, 0.15) is 12.7 Å². The molecular formula is C50H90NO10P. The highest BCUT2D eigenvalue weighted by atomic mass is 31.2. The highest BCUT2D eigenvalue weighted by Crippen LogP contribution is 2.43. The Morgan fingerprint density at radius 3 is 1.37 bits per heavy atom. The van der Waals surface area contributed by atoms with Crippen LogP contribution >= 0.6 is 7.82 Å². The SMILES string of the molecule is CCCCC/C=C\C/C=C\C/C=C\CCCCCCCCC(=O)NC(COP(=O)(O)OCC(O)COC(=O)CCCCCCCCCCC/C=C/CCCCCCCC)C(=O)O. The quantitative estimate of drug-likeness (QED) is 0.0200. The number of carboxylic acids is 1. The predicted octanol–water partition coefficient (Wildman–Crippen LogP) is 13.3. The Labute approximate surface area is 377 Å². The van der Waals surface area contributed by atoms with Crippen LogP contribution in [0.4, 0.5) is 0 Å². The molecular weight excluding hydrogens is 806 g/mol. The fraction of sp³-hybridized carbons (Fsp3) is 0.780. The monoisotopic (exact) mass is 896 g/mol. The third-order valence-electron chi connectivity index (χ3n) is 10.6. The van der Waals surface area contributed by atoms with Gasteiger partial charge in [-0.25, -0.2) is 9.36 Å². The number of amides is 1. The van der Waals surface area contributed by atoms with Gasteiger partial charge >= 0.3 is 19.8 Å². The standard InChI is InChI=1S/C50H90NO10P/c1-3-5-7-9-11-13-15-17-19-21-23-25-27-29-31-33-35-37-39-41-48(53)51-47(50(55)56)45-61-62(57,58)60-44-46(52)43-59-49(54)42-40-38-36-34-32-30-28-26-24-22-20-18-16-14-12-10-8-6-4-2/h11,13,17-20,23,25,46-47,52H,3-10,12,14-16,21-22,24,26-45H2,1-2H3,(H,51,53)(H,55,56)(H,57,58)/b13-11-,19-17-,20-18+,25-23-. The highest BCUT2D eigenvalue weighted by molar-refractivity contribution is 7.47. The number of aliphatic hydroxyl groups is 1. The first-order valence-corrected chi connectivity index (χ1v) is 26.2. The molecule has 0 saturated heterocycles. The zero-order valence-corrected chi connectivity index (χ0v) is 40.1. The molecule has 11 nitrogen and oxygen atoms in total. The number of carbonyl (C=O) groups excluding carboxylic acids is 2. The number of allylic oxidation sites excluding steroid dienone is 8. The van der Waals surface area contributed by atoms with E-state index in [1.165, 1.54) is 109 Å². The molecule has 0 aromatic rings. The Morgan fingerprint density at radius 1 is 0.516 bits per heavy atom. The van der Waals surface area contributed by atoms with Gasteiger partial charge in [0.05, 0.1) is 13.2 Å². The molecule has 4 N–H and O–H groups in total. The average molecular weight is 896 g/mol. The van der Waals surface area contributed by atoms with Crippen LogP contribution in [0.3, 0.4) is 0 Å². The van der Waals surface area contributed by atoms with E-state index in [1.807, 2.05) is 0 Å². The normalized spacial score (nSPS) is 14.0. The maximum atomic E-state index is 12.3. The lowest BCUT2D eigenvalue weighted by molar-refractivity contribution is -0.147. The fourth-order valence-electron chi connectivity index (χ4n) is 6.73. The van der Waals surface area contributed by atoms with Crippen molar-refractivity contribution in [3.05, 3.63) is 48.6 Å². The highest BCUT2D eigenvalue weighted by Gasteiger charge is 2.28. The Balaban J connectivity index is 3.87. The molecule has 0 aliphatic rings. The molecule has 0 saturated carbocycles. The number of aliphatic carboxylic acids is 1. The molecule has 0 aromatic carbocycles. The van der Waals surface area contributed by atoms with Crippen molar-refractivity contribution in [2.75, 3.05) is 19.8 Å². The van der Waals surface area contributed by atoms with Crippen LogP contribution in [0.2, 0.25) is 0 Å². The molecule has 0 rings (SSSR count). The number of rotatable bonds is 46. The maximum Gasteiger partial charge on any atom is 0.472 e. The van der Waals surface area contributed by atoms with E-state index in [1.54, 1.807) is 0 Å². The molecule has 3 atom stereocenters. The number of hydrogen-bond donors (Lipinski definition) is 4. The molecule has 0 heterocycles. The van der Waals surface area contributed by atoms with Crippen molar-refractivity contribution in [2.24, 2.45) is 0 Å². The molecule has 360 valence electrons. The second-order valence-electron chi connectivity index (χ2n) is 16.6. The number of carboxylic acid groups (broad SMARTS) is 1. The van der Waals surface area contributed by atoms with Gasteiger partial charge in [-0.05, 0) is 77.0 Å². The first-order chi connectivity index (χ1) is 30.1. The molecule has 0 aliphatic carbocycles. The van der Waals surface area contributed by atoms with Crippen LogP contribution in [0.25, 0.3) is 0 Å². The fourth-order valence-corrected chi connectivity index (χ4v) is 7.50. The molecule has 3 unspecified atom stereocenters. The summed E-state index contributed by atoms with van der Waals surface area (Å²) in [6.45, 7) is 2.57. The summed E-state index contributed by atoms with van der Waals surface area (Å²) in [4.78, 5) is 46.1. The van der Waals surface area contributed by atoms with Gasteiger partial charge in [0, 0.05) is 12.8 Å². The van der Waals surface area contributed by atoms with Crippen LogP contribution in [0.15, 0.2) is 48.6 Å². The predicted molar refractivity (Wildman–Crippen MR) is 254 cm³/mol. The second kappa shape index (κ2) is 45.0. The van der Waals surface area contributed by atoms with E-state index in [0.717, 1.165) is 70.6 Å². The zero-order valence-electron chi connectivity index (χ0n) is 39.2. The van der Waals surface area contributed by atoms with Crippen molar-refractivity contribution in [3.8, 4) is 0 Å². The van der Waals surface area contributed by atoms with Crippen LogP contribution in [0.1, 0.15) is 219 Å². The first-order valence-electron chi connectivity index (χ1n) is 24.7. The Hall–Kier alpha value is -2.56. The molecule has 1 amide bonds. The molecule has 0 radical (unpaired) electrons. The number of aliphatic hydroxyl groups excluding tert-OH is 1. The summed E-state index contributed by atoms with van der Waals surface area (Å²) in [5, 5.41) is 21.9. The minimum absolute atomic E-state index is 0.130. The Bertz CT molecular complexity index is 1240. The van der Waals surface area contributed by atoms with E-state index in [2.05, 4.69) is 67.8 Å². The summed E-state index contributed by atoms with van der Waals surface area (Å²) in [6, 6.07) is -1.56. The number of hydrogen-bond acceptors (Lipinski definition) is 8. The van der Waals surface area contributed by atoms with Crippen LogP contribution in [-0.4, -0.2) is 64.9 Å². The van der Waals surface area contributed by atoms with Crippen LogP contribution in [-0.2, 0) is 32.7 Å². The number of ether oxygens (including phenoxy) is 1. The van der Waals surface area contributed by atoms with Crippen molar-refractivity contribution >= 4 is 25.7 Å². The zero-order chi connectivity index (χ0) is 45.6. The molecule has 0 bridgehead atoms. The molecule has 62 heavy (non-hydrogen) atoms. The third kappa shape index (κ3) is 44.1. The van der Waals surface area contributed by atoms with Crippen molar-refractivity contribution in [1.29, 1.82) is 0 Å². The molecule has 0 spiro atoms. The van der Waals surface area contributed by atoms with Gasteiger partial charge in [-0.15, -0.1) is 0 Å². The molecule has 0 fully saturated rings. The minimum Gasteiger partial charge on any atom is -0.480 e. The van der Waals surface area contributed by atoms with Gasteiger partial charge in [0.15, 0.2) is 6.04 Å². The van der Waals surface area contributed by atoms with Gasteiger partial charge < -0.3 is 25.2 Å². The van der Waals surface area contributed by atoms with E-state index in [9.17, 15) is 34.1 Å². The van der Waals surface area contributed by atoms with E-state index in [4.69, 9.17) is 13.8 Å². The number of nitrogens with one attached hydrogen (secondary N) is 1. The number of esters is 1. The van der Waals surface area contributed by atoms with Gasteiger partial charge in [-0.1, -0.05) is 178 Å². The summed E-state index contributed by atoms with van der Waals surface area (Å²) in [7, 11) is -4.77. The van der Waals surface area contributed by atoms with Crippen LogP contribution in [0, 0.1) is 0 Å². The summed E-state index contributed by atoms with van der Waals surface area (Å²) in [6.07, 6.45) is 51.2. The summed E-state index contributed by atoms with van der Waals surface area (Å²) in [5.41, 5.74) is 0. The summed E-state index contributed by atoms with van der Waals surface area (Å²) in [5.74, 6) is -2.39. The number of unbranched alkanes of at least 4 members (excludes halogenated alkanes) is 24. The van der Waals surface area contributed by atoms with Gasteiger partial charge in [0.25, 0.3) is 0 Å². The van der Waals surface area contributed by atoms with Crippen molar-refractivity contribution in [3.63, 3.8) is 0 Å². The van der Waals surface area contributed by atoms with Crippen molar-refractivity contribution in [2.45, 2.75) is 231 Å². The van der Waals surface area contributed by atoms with E-state index < -0.39 is 57.6 Å². The van der Waals surface area contributed by atoms with Crippen LogP contribution in [0.5, 0.6) is 0 Å². The minimum atomic E-state index is -4.77. The Kier molecular flexibility index (Phi) is 43.2. The molecule has 0 aliphatic heterocycles. The van der Waals surface area contributed by atoms with Crippen molar-refractivity contribution in [1.82, 2.24) is 5.32 Å². The number of phosphoric acid groups is 1. The largest absolute Gasteiger partial charge is 0.480 e. The van der Waals surface area contributed by atoms with Gasteiger partial charge in [-0.3, -0.25) is 18.6 Å². The maximum absolute atomic E-state index is 12.3. The van der Waals surface area contributed by atoms with E-state index >= 15 is 0 Å². The van der Waals surface area contributed by atoms with Crippen LogP contribution < -0.4 is 5.32 Å². The Morgan fingerprint density at radius 2 is 0.887 bits per heavy atom. The second-order valence-corrected chi connectivity index (χ2v) is 18.1. The van der Waals surface area contributed by atoms with Gasteiger partial charge in [0.2, 0.25) is 5.91 Å². The third-order valence-corrected chi connectivity index (χ3v) is 11.5. The summed E-state index contributed by atoms with van der Waals surface area (Å²) >= 11 is 0. The lowest BCUT2D eigenvalue weighted by atomic mass is 10.1. The smallest absolute Gasteiger partial charge is 0.472 e. The van der Waals surface area contributed by atoms with Gasteiger partial charge in [-0.2, -0.15) is 0 Å². The lowest BCUT2D eigenvalue weighted by Gasteiger charge is -2.18. The van der Waals surface area contributed by atoms with E-state index in [-0.39, 0.29) is 12.8 Å². The number of carbonyl (C=O) groups is 3. The summed E-state index contributed by atoms with van der Waals surface area (Å²) < 4.78 is 26.9. The van der Waals surface area contributed by atoms with E-state index in [0.29, 0.717) is 12.8 Å². The number of phosphoric ester groups is 1. The molecule has 12 heteroatoms. The topological polar surface area (TPSA) is 169 Å². The van der Waals surface area contributed by atoms with Crippen molar-refractivity contribution < 1.29 is 47.8 Å². The first kappa shape index (κ1) is 59.4. The molecule has 0 aromatic heterocycles. The lowest BCUT2D eigenvalue weighted by Crippen LogP contribution is -2.43. The average Bonchev–Trinajstić information content (AvgIpc) is 3.25.